The van der Waals surface area contributed by atoms with Crippen LogP contribution in [0.15, 0.2) is 73.1 Å². The van der Waals surface area contributed by atoms with E-state index in [1.54, 1.807) is 84.2 Å². The number of halogens is 2. The van der Waals surface area contributed by atoms with Gasteiger partial charge < -0.3 is 41.0 Å². The number of amidine groups is 1. The van der Waals surface area contributed by atoms with Crippen molar-refractivity contribution < 1.29 is 19.2 Å². The maximum Gasteiger partial charge on any atom is 0.272 e. The Labute approximate surface area is 287 Å². The fraction of sp³-hybridized carbons (Fsp3) is 0.242. The van der Waals surface area contributed by atoms with Gasteiger partial charge >= 0.3 is 0 Å². The summed E-state index contributed by atoms with van der Waals surface area (Å²) >= 11 is 11.8. The van der Waals surface area contributed by atoms with Gasteiger partial charge in [-0.3, -0.25) is 24.6 Å². The number of aromatic nitrogens is 2. The average Bonchev–Trinajstić information content (AvgIpc) is 3.61. The van der Waals surface area contributed by atoms with E-state index in [-0.39, 0.29) is 30.6 Å². The zero-order valence-corrected chi connectivity index (χ0v) is 28.0. The van der Waals surface area contributed by atoms with Gasteiger partial charge in [-0.1, -0.05) is 0 Å². The molecule has 0 saturated heterocycles. The van der Waals surface area contributed by atoms with Crippen molar-refractivity contribution in [3.63, 3.8) is 0 Å². The number of benzene rings is 2. The number of rotatable bonds is 15. The van der Waals surface area contributed by atoms with Crippen LogP contribution in [0.4, 0.5) is 22.7 Å². The molecule has 15 heteroatoms. The van der Waals surface area contributed by atoms with Gasteiger partial charge in [0, 0.05) is 86.8 Å². The molecule has 0 fully saturated rings. The molecule has 0 aliphatic heterocycles. The van der Waals surface area contributed by atoms with Crippen LogP contribution in [-0.4, -0.2) is 70.0 Å². The molecule has 2 aromatic carbocycles. The molecule has 4 aromatic rings. The Hall–Kier alpha value is -5.27. The van der Waals surface area contributed by atoms with Gasteiger partial charge in [-0.25, -0.2) is 0 Å². The molecule has 2 heterocycles. The largest absolute Gasteiger partial charge is 0.388 e. The van der Waals surface area contributed by atoms with Gasteiger partial charge in [0.2, 0.25) is 0 Å². The van der Waals surface area contributed by atoms with E-state index in [0.717, 1.165) is 5.69 Å². The van der Waals surface area contributed by atoms with Crippen molar-refractivity contribution in [2.75, 3.05) is 52.2 Å². The zero-order valence-electron chi connectivity index (χ0n) is 26.5. The average molecular weight is 695 g/mol. The molecule has 0 unspecified atom stereocenters. The normalized spacial score (nSPS) is 10.7. The topological polar surface area (TPSA) is 179 Å². The summed E-state index contributed by atoms with van der Waals surface area (Å²) in [6, 6.07) is 16.6. The molecule has 0 aliphatic carbocycles. The van der Waals surface area contributed by atoms with Crippen molar-refractivity contribution in [2.24, 2.45) is 19.8 Å². The Kier molecular flexibility index (Phi) is 12.2. The molecule has 0 bridgehead atoms. The number of nitrogens with two attached hydrogens (primary N) is 1. The minimum atomic E-state index is -0.406. The maximum atomic E-state index is 13.1. The van der Waals surface area contributed by atoms with Gasteiger partial charge in [0.25, 0.3) is 23.6 Å². The number of anilines is 4. The number of carbonyl (C=O) groups is 4. The van der Waals surface area contributed by atoms with E-state index in [1.807, 2.05) is 17.0 Å². The van der Waals surface area contributed by atoms with E-state index in [0.29, 0.717) is 64.4 Å². The highest BCUT2D eigenvalue weighted by Gasteiger charge is 2.17. The second-order valence-corrected chi connectivity index (χ2v) is 11.6. The van der Waals surface area contributed by atoms with Crippen LogP contribution in [0.1, 0.15) is 48.1 Å². The van der Waals surface area contributed by atoms with Crippen molar-refractivity contribution in [3.8, 4) is 0 Å². The molecule has 0 saturated carbocycles. The summed E-state index contributed by atoms with van der Waals surface area (Å²) in [6.07, 6.45) is 3.49. The Balaban J connectivity index is 1.32. The van der Waals surface area contributed by atoms with Gasteiger partial charge in [0.15, 0.2) is 0 Å². The lowest BCUT2D eigenvalue weighted by Gasteiger charge is -2.22. The van der Waals surface area contributed by atoms with Crippen LogP contribution in [-0.2, 0) is 14.1 Å². The molecule has 7 N–H and O–H groups in total. The van der Waals surface area contributed by atoms with E-state index >= 15 is 0 Å². The highest BCUT2D eigenvalue weighted by Crippen LogP contribution is 2.20. The molecule has 0 radical (unpaired) electrons. The number of amides is 4. The number of alkyl halides is 2. The summed E-state index contributed by atoms with van der Waals surface area (Å²) in [6.45, 7) is 1.50. The van der Waals surface area contributed by atoms with Crippen molar-refractivity contribution in [1.82, 2.24) is 14.5 Å². The fourth-order valence-corrected chi connectivity index (χ4v) is 5.23. The molecule has 4 amide bonds. The second kappa shape index (κ2) is 16.5. The van der Waals surface area contributed by atoms with Gasteiger partial charge in [0.1, 0.15) is 11.4 Å². The number of aryl methyl sites for hydroxylation is 2. The summed E-state index contributed by atoms with van der Waals surface area (Å²) in [5, 5.41) is 18.3. The quantitative estimate of drug-likeness (QED) is 0.0608. The van der Waals surface area contributed by atoms with Crippen molar-refractivity contribution >= 4 is 75.4 Å². The van der Waals surface area contributed by atoms with Crippen LogP contribution in [0.3, 0.4) is 0 Å². The molecule has 48 heavy (non-hydrogen) atoms. The molecular weight excluding hydrogens is 657 g/mol. The lowest BCUT2D eigenvalue weighted by molar-refractivity contribution is 0.0944. The first-order chi connectivity index (χ1) is 23.0. The molecule has 4 rings (SSSR count). The fourth-order valence-electron chi connectivity index (χ4n) is 4.82. The third-order valence-corrected chi connectivity index (χ3v) is 7.62. The molecule has 2 aromatic heterocycles. The molecule has 13 nitrogen and oxygen atoms in total. The Bertz CT molecular complexity index is 1780. The van der Waals surface area contributed by atoms with Crippen LogP contribution < -0.4 is 31.9 Å². The number of carbonyl (C=O) groups excluding carboxylic acids is 4. The number of nitrogens with one attached hydrogen (secondary N) is 5. The van der Waals surface area contributed by atoms with Crippen molar-refractivity contribution in [2.45, 2.75) is 6.42 Å². The Morgan fingerprint density at radius 2 is 1.17 bits per heavy atom. The van der Waals surface area contributed by atoms with Crippen molar-refractivity contribution in [3.05, 3.63) is 95.6 Å². The van der Waals surface area contributed by atoms with Crippen LogP contribution in [0.2, 0.25) is 0 Å². The first-order valence-electron chi connectivity index (χ1n) is 14.9. The number of nitrogens with zero attached hydrogens (tertiary/aromatic N) is 3. The monoisotopic (exact) mass is 693 g/mol. The zero-order chi connectivity index (χ0) is 34.8. The van der Waals surface area contributed by atoms with E-state index in [2.05, 4.69) is 21.3 Å². The lowest BCUT2D eigenvalue weighted by atomic mass is 10.1. The molecular formula is C33H37Cl2N9O4. The summed E-state index contributed by atoms with van der Waals surface area (Å²) in [7, 11) is 3.37. The number of hydrogen-bond acceptors (Lipinski definition) is 6. The third-order valence-electron chi connectivity index (χ3n) is 7.28. The van der Waals surface area contributed by atoms with Crippen LogP contribution in [0.25, 0.3) is 0 Å². The van der Waals surface area contributed by atoms with E-state index in [9.17, 15) is 19.2 Å². The predicted molar refractivity (Wildman–Crippen MR) is 190 cm³/mol. The molecule has 252 valence electrons. The lowest BCUT2D eigenvalue weighted by Crippen LogP contribution is -2.28. The van der Waals surface area contributed by atoms with E-state index in [4.69, 9.17) is 34.3 Å². The summed E-state index contributed by atoms with van der Waals surface area (Å²) in [5.41, 5.74) is 9.01. The minimum absolute atomic E-state index is 0.0240. The van der Waals surface area contributed by atoms with Gasteiger partial charge in [0.05, 0.1) is 17.2 Å². The minimum Gasteiger partial charge on any atom is -0.388 e. The highest BCUT2D eigenvalue weighted by molar-refractivity contribution is 6.18. The number of hydrogen-bond donors (Lipinski definition) is 6. The smallest absolute Gasteiger partial charge is 0.272 e. The van der Waals surface area contributed by atoms with Crippen molar-refractivity contribution in [1.29, 1.82) is 5.41 Å². The van der Waals surface area contributed by atoms with E-state index < -0.39 is 11.8 Å². The highest BCUT2D eigenvalue weighted by atomic mass is 35.5. The van der Waals surface area contributed by atoms with Gasteiger partial charge in [-0.2, -0.15) is 0 Å². The molecule has 0 atom stereocenters. The first-order valence-corrected chi connectivity index (χ1v) is 16.0. The Morgan fingerprint density at radius 1 is 0.708 bits per heavy atom. The molecule has 0 spiro atoms. The second-order valence-electron chi connectivity index (χ2n) is 10.8. The maximum absolute atomic E-state index is 13.1. The van der Waals surface area contributed by atoms with E-state index in [1.165, 1.54) is 0 Å². The van der Waals surface area contributed by atoms with Gasteiger partial charge in [-0.15, -0.1) is 23.2 Å². The predicted octanol–water partition coefficient (Wildman–Crippen LogP) is 4.46. The summed E-state index contributed by atoms with van der Waals surface area (Å²) in [4.78, 5) is 53.3. The first kappa shape index (κ1) is 35.6. The SMILES string of the molecule is Cn1cc(NC(=O)c2ccc(NC(=O)c3cc(NC(=O)c4ccc(N(CCCl)CCCl)cc4)cn3C)cc2)cc1C(=O)NCCC(=N)N. The van der Waals surface area contributed by atoms with Crippen LogP contribution in [0.5, 0.6) is 0 Å². The van der Waals surface area contributed by atoms with Crippen LogP contribution in [0, 0.1) is 5.41 Å². The standard InChI is InChI=1S/C33H37Cl2N9O4/c1-42-19-24(17-27(42)32(47)38-14-11-29(36)37)40-30(45)21-3-7-23(8-4-21)39-33(48)28-18-25(20-43(28)2)41-31(46)22-5-9-26(10-6-22)44(15-12-34)16-13-35/h3-10,17-20H,11-16H2,1-2H3,(H3,36,37)(H,38,47)(H,39,48)(H,40,45)(H,41,46). The molecule has 0 aliphatic rings. The third kappa shape index (κ3) is 9.39. The van der Waals surface area contributed by atoms with Crippen LogP contribution >= 0.6 is 23.2 Å². The van der Waals surface area contributed by atoms with Gasteiger partial charge in [-0.05, 0) is 60.7 Å². The Morgan fingerprint density at radius 3 is 1.65 bits per heavy atom. The summed E-state index contributed by atoms with van der Waals surface area (Å²) in [5.74, 6) is -0.601. The summed E-state index contributed by atoms with van der Waals surface area (Å²) < 4.78 is 3.18.